The number of hydrogen-bond acceptors (Lipinski definition) is 7. The third-order valence-electron chi connectivity index (χ3n) is 9.65. The summed E-state index contributed by atoms with van der Waals surface area (Å²) in [4.78, 5) is 48.9. The van der Waals surface area contributed by atoms with Gasteiger partial charge < -0.3 is 26.2 Å². The molecule has 2 fully saturated rings. The van der Waals surface area contributed by atoms with Crippen LogP contribution in [0.15, 0.2) is 72.8 Å². The summed E-state index contributed by atoms with van der Waals surface area (Å²) < 4.78 is 0. The minimum absolute atomic E-state index is 0.0310. The maximum absolute atomic E-state index is 13.8. The Balaban J connectivity index is 1.19. The zero-order valence-electron chi connectivity index (χ0n) is 27.7. The average molecular weight is 683 g/mol. The van der Waals surface area contributed by atoms with Gasteiger partial charge in [0.2, 0.25) is 17.1 Å². The Labute approximate surface area is 291 Å². The highest BCUT2D eigenvalue weighted by atomic mass is 35.5. The number of H-pyrrole nitrogens is 1. The Morgan fingerprint density at radius 2 is 1.61 bits per heavy atom. The molecule has 0 spiro atoms. The van der Waals surface area contributed by atoms with E-state index in [1.54, 1.807) is 24.3 Å². The minimum Gasteiger partial charge on any atom is -0.344 e. The number of amides is 3. The average Bonchev–Trinajstić information content (AvgIpc) is 3.58. The second kappa shape index (κ2) is 15.8. The maximum atomic E-state index is 13.8. The number of nitrogens with two attached hydrogens (primary N) is 1. The van der Waals surface area contributed by atoms with Gasteiger partial charge in [0.05, 0.1) is 0 Å². The van der Waals surface area contributed by atoms with Crippen LogP contribution in [0.2, 0.25) is 5.28 Å². The van der Waals surface area contributed by atoms with Crippen LogP contribution in [0.5, 0.6) is 0 Å². The minimum atomic E-state index is -0.813. The van der Waals surface area contributed by atoms with Gasteiger partial charge in [-0.2, -0.15) is 10.1 Å². The molecule has 1 aromatic heterocycles. The number of anilines is 1. The van der Waals surface area contributed by atoms with Gasteiger partial charge in [-0.25, -0.2) is 5.10 Å². The molecule has 2 aliphatic rings. The van der Waals surface area contributed by atoms with Crippen molar-refractivity contribution in [3.8, 4) is 22.5 Å². The normalized spacial score (nSPS) is 18.9. The number of nitrogens with one attached hydrogen (secondary N) is 3. The first kappa shape index (κ1) is 34.3. The van der Waals surface area contributed by atoms with E-state index in [1.165, 1.54) is 0 Å². The zero-order valence-corrected chi connectivity index (χ0v) is 28.5. The molecule has 6 rings (SSSR count). The van der Waals surface area contributed by atoms with Crippen LogP contribution in [0.3, 0.4) is 0 Å². The van der Waals surface area contributed by atoms with E-state index >= 15 is 0 Å². The van der Waals surface area contributed by atoms with Gasteiger partial charge in [0.15, 0.2) is 5.82 Å². The number of piperazine rings is 1. The molecule has 1 unspecified atom stereocenters. The highest BCUT2D eigenvalue weighted by Gasteiger charge is 2.29. The van der Waals surface area contributed by atoms with Crippen molar-refractivity contribution < 1.29 is 14.4 Å². The van der Waals surface area contributed by atoms with Gasteiger partial charge >= 0.3 is 0 Å². The maximum Gasteiger partial charge on any atom is 0.253 e. The lowest BCUT2D eigenvalue weighted by Crippen LogP contribution is -2.48. The van der Waals surface area contributed by atoms with Gasteiger partial charge in [-0.05, 0) is 110 Å². The molecule has 1 saturated heterocycles. The fourth-order valence-corrected chi connectivity index (χ4v) is 6.72. The number of likely N-dealkylation sites (N-methyl/N-ethyl adjacent to an activating group) is 1. The predicted molar refractivity (Wildman–Crippen MR) is 191 cm³/mol. The van der Waals surface area contributed by atoms with Crippen LogP contribution in [-0.4, -0.2) is 88.5 Å². The first-order valence-electron chi connectivity index (χ1n) is 16.9. The summed E-state index contributed by atoms with van der Waals surface area (Å²) in [5.41, 5.74) is 10.6. The van der Waals surface area contributed by atoms with Gasteiger partial charge in [-0.15, -0.1) is 0 Å². The number of carbonyl (C=O) groups excluding carboxylic acids is 3. The molecule has 1 saturated carbocycles. The van der Waals surface area contributed by atoms with E-state index in [2.05, 4.69) is 37.8 Å². The smallest absolute Gasteiger partial charge is 0.253 e. The number of carbonyl (C=O) groups is 3. The summed E-state index contributed by atoms with van der Waals surface area (Å²) in [5, 5.41) is 12.9. The number of halogens is 1. The van der Waals surface area contributed by atoms with Crippen molar-refractivity contribution >= 4 is 35.0 Å². The molecule has 3 amide bonds. The van der Waals surface area contributed by atoms with E-state index < -0.39 is 6.04 Å². The van der Waals surface area contributed by atoms with Crippen LogP contribution in [0, 0.1) is 11.8 Å². The van der Waals surface area contributed by atoms with Gasteiger partial charge in [0.25, 0.3) is 5.91 Å². The Morgan fingerprint density at radius 3 is 2.29 bits per heavy atom. The van der Waals surface area contributed by atoms with Gasteiger partial charge in [-0.3, -0.25) is 14.4 Å². The Hall–Kier alpha value is -4.58. The van der Waals surface area contributed by atoms with E-state index in [0.717, 1.165) is 61.0 Å². The third kappa shape index (κ3) is 8.72. The molecule has 4 aromatic rings. The number of rotatable bonds is 10. The number of aromatic nitrogens is 3. The van der Waals surface area contributed by atoms with Crippen LogP contribution in [0.1, 0.15) is 41.6 Å². The van der Waals surface area contributed by atoms with Crippen LogP contribution >= 0.6 is 11.6 Å². The molecular weight excluding hydrogens is 640 g/mol. The summed E-state index contributed by atoms with van der Waals surface area (Å²) in [6, 6.07) is 21.9. The fraction of sp³-hybridized carbons (Fsp3) is 0.378. The summed E-state index contributed by atoms with van der Waals surface area (Å²) in [6.07, 6.45) is 3.62. The lowest BCUT2D eigenvalue weighted by molar-refractivity contribution is -0.130. The first-order valence-corrected chi connectivity index (χ1v) is 17.3. The molecule has 1 atom stereocenters. The summed E-state index contributed by atoms with van der Waals surface area (Å²) in [6.45, 7) is 3.76. The lowest BCUT2D eigenvalue weighted by Gasteiger charge is -2.32. The summed E-state index contributed by atoms with van der Waals surface area (Å²) in [7, 11) is 2.07. The van der Waals surface area contributed by atoms with E-state index in [1.807, 2.05) is 53.4 Å². The number of benzene rings is 3. The predicted octanol–water partition coefficient (Wildman–Crippen LogP) is 4.61. The second-order valence-corrected chi connectivity index (χ2v) is 13.5. The molecule has 11 nitrogen and oxygen atoms in total. The molecule has 0 bridgehead atoms. The van der Waals surface area contributed by atoms with Gasteiger partial charge in [-0.1, -0.05) is 36.4 Å². The molecule has 1 aliphatic heterocycles. The molecule has 49 heavy (non-hydrogen) atoms. The molecule has 0 radical (unpaired) electrons. The highest BCUT2D eigenvalue weighted by molar-refractivity contribution is 6.28. The number of aromatic amines is 1. The number of hydrogen-bond donors (Lipinski definition) is 4. The van der Waals surface area contributed by atoms with Crippen molar-refractivity contribution in [2.45, 2.75) is 38.1 Å². The standard InChI is InChI=1S/C37H43ClN8O3/c1-45-16-18-46(19-17-45)36(49)30-7-3-6-29(22-30)28-5-2-4-25(20-28)21-32(41-34(47)27-10-8-24(23-39)9-11-27)35(48)40-31-14-12-26(13-15-31)33-42-37(38)44-43-33/h2-7,12-15,20,22,24,27,32H,8-11,16-19,21,23,39H2,1H3,(H,40,48)(H,41,47)(H,42,43,44). The van der Waals surface area contributed by atoms with E-state index in [0.29, 0.717) is 42.6 Å². The molecule has 256 valence electrons. The highest BCUT2D eigenvalue weighted by Crippen LogP contribution is 2.29. The van der Waals surface area contributed by atoms with Crippen molar-refractivity contribution in [2.24, 2.45) is 17.6 Å². The largest absolute Gasteiger partial charge is 0.344 e. The molecule has 2 heterocycles. The van der Waals surface area contributed by atoms with Gasteiger partial charge in [0, 0.05) is 55.3 Å². The Morgan fingerprint density at radius 1 is 0.918 bits per heavy atom. The van der Waals surface area contributed by atoms with Crippen molar-refractivity contribution in [1.29, 1.82) is 0 Å². The first-order chi connectivity index (χ1) is 23.7. The summed E-state index contributed by atoms with van der Waals surface area (Å²) >= 11 is 5.88. The molecular formula is C37H43ClN8O3. The van der Waals surface area contributed by atoms with Gasteiger partial charge in [0.1, 0.15) is 6.04 Å². The monoisotopic (exact) mass is 682 g/mol. The van der Waals surface area contributed by atoms with Crippen LogP contribution in [0.4, 0.5) is 5.69 Å². The van der Waals surface area contributed by atoms with Crippen molar-refractivity contribution in [3.63, 3.8) is 0 Å². The third-order valence-corrected chi connectivity index (χ3v) is 9.82. The second-order valence-electron chi connectivity index (χ2n) is 13.1. The molecule has 5 N–H and O–H groups in total. The van der Waals surface area contributed by atoms with E-state index in [4.69, 9.17) is 17.3 Å². The quantitative estimate of drug-likeness (QED) is 0.191. The van der Waals surface area contributed by atoms with Crippen molar-refractivity contribution in [3.05, 3.63) is 89.2 Å². The van der Waals surface area contributed by atoms with E-state index in [9.17, 15) is 14.4 Å². The summed E-state index contributed by atoms with van der Waals surface area (Å²) in [5.74, 6) is 0.339. The van der Waals surface area contributed by atoms with Crippen LogP contribution in [-0.2, 0) is 16.0 Å². The van der Waals surface area contributed by atoms with Crippen LogP contribution < -0.4 is 16.4 Å². The zero-order chi connectivity index (χ0) is 34.3. The number of nitrogens with zero attached hydrogens (tertiary/aromatic N) is 4. The molecule has 1 aliphatic carbocycles. The van der Waals surface area contributed by atoms with Crippen LogP contribution in [0.25, 0.3) is 22.5 Å². The molecule has 3 aromatic carbocycles. The van der Waals surface area contributed by atoms with Crippen molar-refractivity contribution in [2.75, 3.05) is 45.1 Å². The lowest BCUT2D eigenvalue weighted by atomic mass is 9.81. The Kier molecular flexibility index (Phi) is 11.0. The SMILES string of the molecule is CN1CCN(C(=O)c2cccc(-c3cccc(CC(NC(=O)C4CCC(CN)CC4)C(=O)Nc4ccc(-c5n[nH]c(Cl)n5)cc4)c3)c2)CC1. The Bertz CT molecular complexity index is 1760. The topological polar surface area (TPSA) is 149 Å². The van der Waals surface area contributed by atoms with E-state index in [-0.39, 0.29) is 35.3 Å². The fourth-order valence-electron chi connectivity index (χ4n) is 6.60. The van der Waals surface area contributed by atoms with Crippen molar-refractivity contribution in [1.82, 2.24) is 30.3 Å². The molecule has 12 heteroatoms.